The molecule has 0 aliphatic carbocycles. The fraction of sp³-hybridized carbons (Fsp3) is 0.400. The highest BCUT2D eigenvalue weighted by atomic mass is 32.2. The SMILES string of the molecule is Nc1ccc(S(N)(=O)=O)cc1NCCOCC(F)F. The number of ether oxygens (including phenoxy) is 1. The zero-order valence-corrected chi connectivity index (χ0v) is 10.8. The number of anilines is 2. The summed E-state index contributed by atoms with van der Waals surface area (Å²) in [5, 5.41) is 7.77. The van der Waals surface area contributed by atoms with Gasteiger partial charge < -0.3 is 15.8 Å². The Morgan fingerprint density at radius 2 is 2.05 bits per heavy atom. The highest BCUT2D eigenvalue weighted by molar-refractivity contribution is 7.89. The lowest BCUT2D eigenvalue weighted by Gasteiger charge is -2.11. The second-order valence-corrected chi connectivity index (χ2v) is 5.25. The third kappa shape index (κ3) is 5.37. The molecule has 0 radical (unpaired) electrons. The molecule has 108 valence electrons. The van der Waals surface area contributed by atoms with E-state index in [9.17, 15) is 17.2 Å². The molecule has 1 rings (SSSR count). The maximum atomic E-state index is 11.8. The van der Waals surface area contributed by atoms with Gasteiger partial charge in [0.15, 0.2) is 0 Å². The van der Waals surface area contributed by atoms with Gasteiger partial charge in [-0.25, -0.2) is 22.3 Å². The normalized spacial score (nSPS) is 11.8. The summed E-state index contributed by atoms with van der Waals surface area (Å²) in [6.45, 7) is -0.386. The topological polar surface area (TPSA) is 107 Å². The van der Waals surface area contributed by atoms with Crippen LogP contribution in [0.3, 0.4) is 0 Å². The van der Waals surface area contributed by atoms with Gasteiger partial charge in [-0.1, -0.05) is 0 Å². The standard InChI is InChI=1S/C10H15F2N3O3S/c11-10(12)6-18-4-3-15-9-5-7(19(14,16)17)1-2-8(9)13/h1-2,5,10,15H,3-4,6,13H2,(H2,14,16,17). The van der Waals surface area contributed by atoms with Crippen LogP contribution in [0.5, 0.6) is 0 Å². The molecule has 0 saturated carbocycles. The van der Waals surface area contributed by atoms with Gasteiger partial charge in [-0.15, -0.1) is 0 Å². The molecular weight excluding hydrogens is 280 g/mol. The number of sulfonamides is 1. The molecule has 0 unspecified atom stereocenters. The van der Waals surface area contributed by atoms with Crippen LogP contribution in [0.2, 0.25) is 0 Å². The summed E-state index contributed by atoms with van der Waals surface area (Å²) in [6, 6.07) is 3.95. The second-order valence-electron chi connectivity index (χ2n) is 3.69. The average molecular weight is 295 g/mol. The summed E-state index contributed by atoms with van der Waals surface area (Å²) in [7, 11) is -3.81. The first kappa shape index (κ1) is 15.6. The van der Waals surface area contributed by atoms with Crippen molar-refractivity contribution in [3.05, 3.63) is 18.2 Å². The second kappa shape index (κ2) is 6.64. The van der Waals surface area contributed by atoms with E-state index in [4.69, 9.17) is 10.9 Å². The van der Waals surface area contributed by atoms with Gasteiger partial charge in [0.05, 0.1) is 22.9 Å². The Balaban J connectivity index is 2.58. The summed E-state index contributed by atoms with van der Waals surface area (Å²) in [5.41, 5.74) is 6.31. The third-order valence-corrected chi connectivity index (χ3v) is 3.07. The first-order valence-electron chi connectivity index (χ1n) is 5.33. The predicted octanol–water partition coefficient (Wildman–Crippen LogP) is 0.610. The van der Waals surface area contributed by atoms with Crippen LogP contribution in [0.25, 0.3) is 0 Å². The minimum atomic E-state index is -3.81. The van der Waals surface area contributed by atoms with Crippen LogP contribution >= 0.6 is 0 Å². The number of hydrogen-bond donors (Lipinski definition) is 3. The first-order chi connectivity index (χ1) is 8.80. The van der Waals surface area contributed by atoms with E-state index in [1.165, 1.54) is 18.2 Å². The fourth-order valence-corrected chi connectivity index (χ4v) is 1.84. The number of nitrogen functional groups attached to an aromatic ring is 1. The van der Waals surface area contributed by atoms with E-state index in [2.05, 4.69) is 10.1 Å². The Hall–Kier alpha value is -1.45. The van der Waals surface area contributed by atoms with Crippen molar-refractivity contribution in [1.82, 2.24) is 0 Å². The van der Waals surface area contributed by atoms with Crippen LogP contribution in [-0.2, 0) is 14.8 Å². The van der Waals surface area contributed by atoms with Crippen LogP contribution in [0.15, 0.2) is 23.1 Å². The number of nitrogens with one attached hydrogen (secondary N) is 1. The lowest BCUT2D eigenvalue weighted by atomic mass is 10.2. The molecule has 0 aliphatic rings. The van der Waals surface area contributed by atoms with Gasteiger partial charge in [0.25, 0.3) is 6.43 Å². The molecule has 9 heteroatoms. The van der Waals surface area contributed by atoms with Crippen LogP contribution in [-0.4, -0.2) is 34.6 Å². The van der Waals surface area contributed by atoms with Gasteiger partial charge in [-0.3, -0.25) is 0 Å². The molecule has 0 aliphatic heterocycles. The smallest absolute Gasteiger partial charge is 0.261 e. The maximum Gasteiger partial charge on any atom is 0.261 e. The van der Waals surface area contributed by atoms with Gasteiger partial charge in [0, 0.05) is 6.54 Å². The van der Waals surface area contributed by atoms with Gasteiger partial charge in [0.2, 0.25) is 10.0 Å². The van der Waals surface area contributed by atoms with E-state index in [1.807, 2.05) is 0 Å². The molecular formula is C10H15F2N3O3S. The highest BCUT2D eigenvalue weighted by Gasteiger charge is 2.10. The summed E-state index contributed by atoms with van der Waals surface area (Å²) < 4.78 is 50.5. The highest BCUT2D eigenvalue weighted by Crippen LogP contribution is 2.21. The third-order valence-electron chi connectivity index (χ3n) is 2.16. The summed E-state index contributed by atoms with van der Waals surface area (Å²) >= 11 is 0. The summed E-state index contributed by atoms with van der Waals surface area (Å²) in [4.78, 5) is -0.0855. The molecule has 19 heavy (non-hydrogen) atoms. The molecule has 0 saturated heterocycles. The molecule has 1 aromatic carbocycles. The number of nitrogens with two attached hydrogens (primary N) is 2. The van der Waals surface area contributed by atoms with Crippen molar-refractivity contribution < 1.29 is 21.9 Å². The Labute approximate surface area is 109 Å². The maximum absolute atomic E-state index is 11.8. The Morgan fingerprint density at radius 3 is 2.63 bits per heavy atom. The molecule has 0 amide bonds. The molecule has 1 aromatic rings. The van der Waals surface area contributed by atoms with E-state index in [-0.39, 0.29) is 18.0 Å². The Morgan fingerprint density at radius 1 is 1.37 bits per heavy atom. The fourth-order valence-electron chi connectivity index (χ4n) is 1.30. The lowest BCUT2D eigenvalue weighted by Crippen LogP contribution is -2.15. The molecule has 0 heterocycles. The molecule has 0 fully saturated rings. The largest absolute Gasteiger partial charge is 0.397 e. The van der Waals surface area contributed by atoms with E-state index < -0.39 is 23.1 Å². The van der Waals surface area contributed by atoms with Crippen molar-refractivity contribution in [2.75, 3.05) is 30.8 Å². The van der Waals surface area contributed by atoms with E-state index >= 15 is 0 Å². The van der Waals surface area contributed by atoms with Crippen molar-refractivity contribution in [3.8, 4) is 0 Å². The van der Waals surface area contributed by atoms with Gasteiger partial charge in [0.1, 0.15) is 6.61 Å². The van der Waals surface area contributed by atoms with Gasteiger partial charge >= 0.3 is 0 Å². The van der Waals surface area contributed by atoms with Crippen LogP contribution in [0.1, 0.15) is 0 Å². The van der Waals surface area contributed by atoms with Crippen molar-refractivity contribution >= 4 is 21.4 Å². The van der Waals surface area contributed by atoms with Crippen LogP contribution in [0.4, 0.5) is 20.2 Å². The molecule has 0 spiro atoms. The summed E-state index contributed by atoms with van der Waals surface area (Å²) in [5.74, 6) is 0. The number of primary sulfonamides is 1. The van der Waals surface area contributed by atoms with Crippen molar-refractivity contribution in [3.63, 3.8) is 0 Å². The number of halogens is 2. The minimum absolute atomic E-state index is 0.0450. The molecule has 0 bridgehead atoms. The van der Waals surface area contributed by atoms with Crippen molar-refractivity contribution in [2.45, 2.75) is 11.3 Å². The zero-order valence-electron chi connectivity index (χ0n) is 9.97. The number of alkyl halides is 2. The zero-order chi connectivity index (χ0) is 14.5. The van der Waals surface area contributed by atoms with Crippen LogP contribution < -0.4 is 16.2 Å². The van der Waals surface area contributed by atoms with E-state index in [0.29, 0.717) is 11.4 Å². The number of benzene rings is 1. The summed E-state index contributed by atoms with van der Waals surface area (Å²) in [6.07, 6.45) is -2.52. The van der Waals surface area contributed by atoms with Crippen LogP contribution in [0, 0.1) is 0 Å². The monoisotopic (exact) mass is 295 g/mol. The van der Waals surface area contributed by atoms with Crippen molar-refractivity contribution in [1.29, 1.82) is 0 Å². The van der Waals surface area contributed by atoms with Gasteiger partial charge in [-0.05, 0) is 18.2 Å². The quantitative estimate of drug-likeness (QED) is 0.504. The van der Waals surface area contributed by atoms with E-state index in [1.54, 1.807) is 0 Å². The Kier molecular flexibility index (Phi) is 5.45. The molecule has 0 aromatic heterocycles. The minimum Gasteiger partial charge on any atom is -0.397 e. The Bertz CT molecular complexity index is 523. The first-order valence-corrected chi connectivity index (χ1v) is 6.87. The molecule has 5 N–H and O–H groups in total. The number of hydrogen-bond acceptors (Lipinski definition) is 5. The van der Waals surface area contributed by atoms with Gasteiger partial charge in [-0.2, -0.15) is 0 Å². The van der Waals surface area contributed by atoms with Crippen molar-refractivity contribution in [2.24, 2.45) is 5.14 Å². The van der Waals surface area contributed by atoms with E-state index in [0.717, 1.165) is 0 Å². The number of rotatable bonds is 7. The average Bonchev–Trinajstić information content (AvgIpc) is 2.29. The lowest BCUT2D eigenvalue weighted by molar-refractivity contribution is 0.0215. The molecule has 0 atom stereocenters. The molecule has 6 nitrogen and oxygen atoms in total. The predicted molar refractivity (Wildman–Crippen MR) is 67.5 cm³/mol.